The third-order valence-corrected chi connectivity index (χ3v) is 4.44. The summed E-state index contributed by atoms with van der Waals surface area (Å²) in [6.07, 6.45) is 0.229. The lowest BCUT2D eigenvalue weighted by atomic mass is 9.86. The van der Waals surface area contributed by atoms with E-state index in [2.05, 4.69) is 0 Å². The van der Waals surface area contributed by atoms with Gasteiger partial charge in [-0.25, -0.2) is 4.90 Å². The van der Waals surface area contributed by atoms with Crippen molar-refractivity contribution in [3.8, 4) is 5.75 Å². The van der Waals surface area contributed by atoms with Gasteiger partial charge < -0.3 is 4.74 Å². The third kappa shape index (κ3) is 2.72. The molecular weight excluding hydrogens is 290 g/mol. The first-order valence-corrected chi connectivity index (χ1v) is 7.68. The average Bonchev–Trinajstić information content (AvgIpc) is 2.89. The van der Waals surface area contributed by atoms with Crippen LogP contribution in [0.2, 0.25) is 0 Å². The van der Waals surface area contributed by atoms with Crippen LogP contribution in [0.15, 0.2) is 54.6 Å². The van der Waals surface area contributed by atoms with E-state index in [1.165, 1.54) is 12.0 Å². The Morgan fingerprint density at radius 3 is 2.39 bits per heavy atom. The Morgan fingerprint density at radius 2 is 1.70 bits per heavy atom. The van der Waals surface area contributed by atoms with Crippen molar-refractivity contribution < 1.29 is 14.3 Å². The summed E-state index contributed by atoms with van der Waals surface area (Å²) < 4.78 is 5.29. The van der Waals surface area contributed by atoms with Crippen molar-refractivity contribution in [2.75, 3.05) is 12.0 Å². The van der Waals surface area contributed by atoms with E-state index in [4.69, 9.17) is 4.74 Å². The second-order valence-electron chi connectivity index (χ2n) is 5.75. The van der Waals surface area contributed by atoms with Gasteiger partial charge in [0.05, 0.1) is 18.7 Å². The van der Waals surface area contributed by atoms with Crippen molar-refractivity contribution in [1.29, 1.82) is 0 Å². The molecule has 0 aliphatic carbocycles. The molecule has 4 nitrogen and oxygen atoms in total. The quantitative estimate of drug-likeness (QED) is 0.813. The number of benzene rings is 2. The minimum atomic E-state index is -0.338. The zero-order valence-corrected chi connectivity index (χ0v) is 13.2. The number of carbonyl (C=O) groups excluding carboxylic acids is 2. The van der Waals surface area contributed by atoms with Crippen molar-refractivity contribution in [1.82, 2.24) is 0 Å². The van der Waals surface area contributed by atoms with Crippen LogP contribution in [0.4, 0.5) is 5.69 Å². The number of nitrogens with zero attached hydrogens (tertiary/aromatic N) is 1. The van der Waals surface area contributed by atoms with Gasteiger partial charge in [0.25, 0.3) is 0 Å². The highest BCUT2D eigenvalue weighted by Crippen LogP contribution is 2.38. The Hall–Kier alpha value is -2.62. The van der Waals surface area contributed by atoms with E-state index >= 15 is 0 Å². The molecule has 0 aromatic heterocycles. The Morgan fingerprint density at radius 1 is 1.04 bits per heavy atom. The number of ether oxygens (including phenoxy) is 1. The maximum Gasteiger partial charge on any atom is 0.238 e. The predicted octanol–water partition coefficient (Wildman–Crippen LogP) is 3.38. The van der Waals surface area contributed by atoms with E-state index in [1.54, 1.807) is 18.2 Å². The Labute approximate surface area is 135 Å². The number of anilines is 1. The molecule has 0 N–H and O–H groups in total. The first-order valence-electron chi connectivity index (χ1n) is 7.68. The van der Waals surface area contributed by atoms with Gasteiger partial charge in [-0.2, -0.15) is 0 Å². The van der Waals surface area contributed by atoms with Crippen LogP contribution in [-0.4, -0.2) is 18.9 Å². The fraction of sp³-hybridized carbons (Fsp3) is 0.263. The van der Waals surface area contributed by atoms with Crippen LogP contribution in [0.1, 0.15) is 24.8 Å². The second kappa shape index (κ2) is 6.24. The van der Waals surface area contributed by atoms with E-state index in [0.717, 1.165) is 5.56 Å². The summed E-state index contributed by atoms with van der Waals surface area (Å²) in [4.78, 5) is 26.6. The molecule has 2 aromatic rings. The van der Waals surface area contributed by atoms with E-state index in [-0.39, 0.29) is 30.1 Å². The highest BCUT2D eigenvalue weighted by atomic mass is 16.5. The first kappa shape index (κ1) is 15.3. The van der Waals surface area contributed by atoms with Crippen LogP contribution in [0.3, 0.4) is 0 Å². The molecule has 1 aliphatic rings. The number of imide groups is 1. The predicted molar refractivity (Wildman–Crippen MR) is 88.5 cm³/mol. The SMILES string of the molecule is COc1ccccc1N1C(=O)C[C@H]([C@H](C)c2ccccc2)C1=O. The molecule has 3 rings (SSSR count). The van der Waals surface area contributed by atoms with Gasteiger partial charge in [0, 0.05) is 6.42 Å². The van der Waals surface area contributed by atoms with Crippen molar-refractivity contribution in [3.63, 3.8) is 0 Å². The van der Waals surface area contributed by atoms with E-state index in [0.29, 0.717) is 11.4 Å². The largest absolute Gasteiger partial charge is 0.495 e. The number of para-hydroxylation sites is 2. The zero-order valence-electron chi connectivity index (χ0n) is 13.2. The molecule has 0 saturated carbocycles. The van der Waals surface area contributed by atoms with Gasteiger partial charge >= 0.3 is 0 Å². The van der Waals surface area contributed by atoms with Gasteiger partial charge in [-0.3, -0.25) is 9.59 Å². The van der Waals surface area contributed by atoms with Crippen LogP contribution >= 0.6 is 0 Å². The lowest BCUT2D eigenvalue weighted by Gasteiger charge is -2.20. The monoisotopic (exact) mass is 309 g/mol. The number of amides is 2. The van der Waals surface area contributed by atoms with Gasteiger partial charge in [-0.05, 0) is 23.6 Å². The Balaban J connectivity index is 1.91. The second-order valence-corrected chi connectivity index (χ2v) is 5.75. The minimum absolute atomic E-state index is 0.00708. The summed E-state index contributed by atoms with van der Waals surface area (Å²) in [6.45, 7) is 2.00. The molecule has 23 heavy (non-hydrogen) atoms. The smallest absolute Gasteiger partial charge is 0.238 e. The topological polar surface area (TPSA) is 46.6 Å². The minimum Gasteiger partial charge on any atom is -0.495 e. The molecule has 118 valence electrons. The van der Waals surface area contributed by atoms with E-state index in [9.17, 15) is 9.59 Å². The molecular formula is C19H19NO3. The molecule has 1 heterocycles. The molecule has 1 fully saturated rings. The summed E-state index contributed by atoms with van der Waals surface area (Å²) in [6, 6.07) is 16.9. The maximum absolute atomic E-state index is 12.8. The van der Waals surface area contributed by atoms with E-state index < -0.39 is 0 Å². The van der Waals surface area contributed by atoms with E-state index in [1.807, 2.05) is 43.3 Å². The number of methoxy groups -OCH3 is 1. The molecule has 0 radical (unpaired) electrons. The molecule has 0 unspecified atom stereocenters. The molecule has 0 spiro atoms. The van der Waals surface area contributed by atoms with Crippen LogP contribution in [0.5, 0.6) is 5.75 Å². The molecule has 4 heteroatoms. The first-order chi connectivity index (χ1) is 11.1. The fourth-order valence-corrected chi connectivity index (χ4v) is 3.10. The lowest BCUT2D eigenvalue weighted by molar-refractivity contribution is -0.122. The maximum atomic E-state index is 12.8. The van der Waals surface area contributed by atoms with Crippen LogP contribution in [0.25, 0.3) is 0 Å². The third-order valence-electron chi connectivity index (χ3n) is 4.44. The number of hydrogen-bond acceptors (Lipinski definition) is 3. The molecule has 0 bridgehead atoms. The standard InChI is InChI=1S/C19H19NO3/c1-13(14-8-4-3-5-9-14)15-12-18(21)20(19(15)22)16-10-6-7-11-17(16)23-2/h3-11,13,15H,12H2,1-2H3/t13-,15-/m1/s1. The zero-order chi connectivity index (χ0) is 16.4. The summed E-state index contributed by atoms with van der Waals surface area (Å²) in [5, 5.41) is 0. The normalized spacial score (nSPS) is 19.0. The van der Waals surface area contributed by atoms with Crippen LogP contribution < -0.4 is 9.64 Å². The van der Waals surface area contributed by atoms with Crippen molar-refractivity contribution in [2.45, 2.75) is 19.3 Å². The number of carbonyl (C=O) groups is 2. The summed E-state index contributed by atoms with van der Waals surface area (Å²) in [5.41, 5.74) is 1.59. The van der Waals surface area contributed by atoms with Crippen LogP contribution in [0, 0.1) is 5.92 Å². The molecule has 2 atom stereocenters. The van der Waals surface area contributed by atoms with Gasteiger partial charge in [-0.1, -0.05) is 49.4 Å². The lowest BCUT2D eigenvalue weighted by Crippen LogP contribution is -2.31. The Kier molecular flexibility index (Phi) is 4.15. The number of hydrogen-bond donors (Lipinski definition) is 0. The highest BCUT2D eigenvalue weighted by Gasteiger charge is 2.43. The molecule has 1 saturated heterocycles. The van der Waals surface area contributed by atoms with Gasteiger partial charge in [-0.15, -0.1) is 0 Å². The Bertz CT molecular complexity index is 726. The molecule has 2 amide bonds. The number of rotatable bonds is 4. The fourth-order valence-electron chi connectivity index (χ4n) is 3.10. The summed E-state index contributed by atoms with van der Waals surface area (Å²) in [7, 11) is 1.54. The van der Waals surface area contributed by atoms with Gasteiger partial charge in [0.15, 0.2) is 0 Å². The highest BCUT2D eigenvalue weighted by molar-refractivity contribution is 6.21. The average molecular weight is 309 g/mol. The van der Waals surface area contributed by atoms with Crippen molar-refractivity contribution in [3.05, 3.63) is 60.2 Å². The summed E-state index contributed by atoms with van der Waals surface area (Å²) in [5.74, 6) is -0.146. The van der Waals surface area contributed by atoms with Gasteiger partial charge in [0.2, 0.25) is 11.8 Å². The van der Waals surface area contributed by atoms with Gasteiger partial charge in [0.1, 0.15) is 5.75 Å². The van der Waals surface area contributed by atoms with Crippen molar-refractivity contribution in [2.24, 2.45) is 5.92 Å². The van der Waals surface area contributed by atoms with Crippen LogP contribution in [-0.2, 0) is 9.59 Å². The summed E-state index contributed by atoms with van der Waals surface area (Å²) >= 11 is 0. The molecule has 1 aliphatic heterocycles. The molecule has 2 aromatic carbocycles. The van der Waals surface area contributed by atoms with Crippen molar-refractivity contribution >= 4 is 17.5 Å².